The summed E-state index contributed by atoms with van der Waals surface area (Å²) in [6, 6.07) is 8.98. The number of hydrogen-bond donors (Lipinski definition) is 0. The standard InChI is InChI=1S/C12H19.C9H7.2BrH.Zr/c1-6-7-12-10(4)8(2)9(3)11(12)5;1-2-5-9-7-3-6-8(9)4-1;;;/h6-7H2,1-5H3;1-7H;2*1H;/q;;;;+2/p-2. The molecule has 0 bridgehead atoms. The minimum Gasteiger partial charge on any atom is -1.00 e. The number of fused-ring (bicyclic) bond motifs is 1. The van der Waals surface area contributed by atoms with E-state index in [4.69, 9.17) is 0 Å². The minimum atomic E-state index is -0.664. The molecular formula is C21H26Br2Zr. The molecule has 0 nitrogen and oxygen atoms in total. The Balaban J connectivity index is 0.00000144. The SMILES string of the molecule is CCCC1=C(C)C(C)=C(C)[C]1(C)[Zr+2][CH]1C=Cc2ccccc21.[Br-].[Br-]. The third kappa shape index (κ3) is 3.69. The van der Waals surface area contributed by atoms with Gasteiger partial charge in [-0.15, -0.1) is 0 Å². The van der Waals surface area contributed by atoms with Gasteiger partial charge in [-0.05, 0) is 0 Å². The van der Waals surface area contributed by atoms with Crippen molar-refractivity contribution < 1.29 is 57.2 Å². The summed E-state index contributed by atoms with van der Waals surface area (Å²) in [5.41, 5.74) is 9.62. The molecule has 0 amide bonds. The van der Waals surface area contributed by atoms with Crippen LogP contribution in [0.2, 0.25) is 3.12 Å². The molecule has 1 aromatic carbocycles. The first kappa shape index (κ1) is 22.3. The average molecular weight is 529 g/mol. The molecule has 0 N–H and O–H groups in total. The van der Waals surface area contributed by atoms with E-state index in [1.54, 1.807) is 27.9 Å². The van der Waals surface area contributed by atoms with Crippen LogP contribution in [0.3, 0.4) is 0 Å². The number of halogens is 2. The Kier molecular flexibility index (Phi) is 8.17. The summed E-state index contributed by atoms with van der Waals surface area (Å²) < 4.78 is 1.13. The zero-order valence-corrected chi connectivity index (χ0v) is 20.8. The van der Waals surface area contributed by atoms with Crippen molar-refractivity contribution in [3.8, 4) is 0 Å². The van der Waals surface area contributed by atoms with Crippen LogP contribution in [0.15, 0.2) is 52.6 Å². The number of rotatable bonds is 4. The van der Waals surface area contributed by atoms with Crippen molar-refractivity contribution in [2.75, 3.05) is 0 Å². The molecule has 0 saturated carbocycles. The van der Waals surface area contributed by atoms with Crippen LogP contribution in [0.4, 0.5) is 0 Å². The predicted molar refractivity (Wildman–Crippen MR) is 92.6 cm³/mol. The van der Waals surface area contributed by atoms with Gasteiger partial charge in [0.05, 0.1) is 0 Å². The molecule has 128 valence electrons. The fourth-order valence-corrected chi connectivity index (χ4v) is 9.27. The van der Waals surface area contributed by atoms with Crippen molar-refractivity contribution in [1.29, 1.82) is 0 Å². The Morgan fingerprint density at radius 1 is 1.04 bits per heavy atom. The van der Waals surface area contributed by atoms with Crippen LogP contribution < -0.4 is 34.0 Å². The van der Waals surface area contributed by atoms with Gasteiger partial charge in [-0.3, -0.25) is 0 Å². The molecule has 2 unspecified atom stereocenters. The van der Waals surface area contributed by atoms with Crippen molar-refractivity contribution in [1.82, 2.24) is 0 Å². The second-order valence-electron chi connectivity index (χ2n) is 6.84. The number of allylic oxidation sites excluding steroid dienone is 5. The van der Waals surface area contributed by atoms with Crippen molar-refractivity contribution in [2.24, 2.45) is 0 Å². The van der Waals surface area contributed by atoms with Gasteiger partial charge in [0.1, 0.15) is 0 Å². The van der Waals surface area contributed by atoms with Gasteiger partial charge < -0.3 is 34.0 Å². The summed E-state index contributed by atoms with van der Waals surface area (Å²) in [6.07, 6.45) is 7.37. The molecule has 3 rings (SSSR count). The van der Waals surface area contributed by atoms with E-state index in [1.165, 1.54) is 18.4 Å². The molecule has 3 heteroatoms. The molecule has 0 aromatic heterocycles. The van der Waals surface area contributed by atoms with Gasteiger partial charge in [0, 0.05) is 0 Å². The molecule has 1 aromatic rings. The average Bonchev–Trinajstić information content (AvgIpc) is 2.98. The topological polar surface area (TPSA) is 0 Å². The van der Waals surface area contributed by atoms with Crippen LogP contribution in [0.25, 0.3) is 6.08 Å². The predicted octanol–water partition coefficient (Wildman–Crippen LogP) is 0.490. The molecule has 24 heavy (non-hydrogen) atoms. The van der Waals surface area contributed by atoms with Crippen LogP contribution in [-0.4, -0.2) is 0 Å². The fraction of sp³-hybridized carbons (Fsp3) is 0.429. The van der Waals surface area contributed by atoms with E-state index in [-0.39, 0.29) is 34.0 Å². The molecular weight excluding hydrogens is 503 g/mol. The summed E-state index contributed by atoms with van der Waals surface area (Å²) in [5, 5.41) is 0. The first-order chi connectivity index (χ1) is 10.5. The van der Waals surface area contributed by atoms with E-state index in [0.29, 0.717) is 3.12 Å². The summed E-state index contributed by atoms with van der Waals surface area (Å²) in [7, 11) is 0. The van der Waals surface area contributed by atoms with Gasteiger partial charge in [0.2, 0.25) is 0 Å². The number of benzene rings is 1. The molecule has 2 aliphatic rings. The zero-order valence-electron chi connectivity index (χ0n) is 15.2. The van der Waals surface area contributed by atoms with Gasteiger partial charge in [-0.25, -0.2) is 0 Å². The zero-order chi connectivity index (χ0) is 15.9. The van der Waals surface area contributed by atoms with E-state index in [0.717, 1.165) is 3.63 Å². The molecule has 0 radical (unpaired) electrons. The monoisotopic (exact) mass is 526 g/mol. The Labute approximate surface area is 180 Å². The maximum absolute atomic E-state index is 2.55. The Morgan fingerprint density at radius 3 is 2.38 bits per heavy atom. The van der Waals surface area contributed by atoms with Crippen molar-refractivity contribution in [2.45, 2.75) is 54.2 Å². The van der Waals surface area contributed by atoms with E-state index in [2.05, 4.69) is 71.0 Å². The molecule has 0 aliphatic heterocycles. The van der Waals surface area contributed by atoms with Crippen molar-refractivity contribution in [3.63, 3.8) is 0 Å². The fourth-order valence-electron chi connectivity index (χ4n) is 4.05. The Hall–Kier alpha value is 0.283. The summed E-state index contributed by atoms with van der Waals surface area (Å²) in [5.74, 6) is 0. The van der Waals surface area contributed by atoms with Gasteiger partial charge in [0.15, 0.2) is 0 Å². The molecule has 0 heterocycles. The second-order valence-corrected chi connectivity index (χ2v) is 11.5. The molecule has 2 aliphatic carbocycles. The van der Waals surface area contributed by atoms with Crippen molar-refractivity contribution >= 4 is 6.08 Å². The summed E-state index contributed by atoms with van der Waals surface area (Å²) in [4.78, 5) is 0. The van der Waals surface area contributed by atoms with E-state index in [9.17, 15) is 0 Å². The maximum atomic E-state index is 2.55. The van der Waals surface area contributed by atoms with Gasteiger partial charge in [-0.2, -0.15) is 0 Å². The Bertz CT molecular complexity index is 700. The first-order valence-electron chi connectivity index (χ1n) is 8.42. The van der Waals surface area contributed by atoms with Crippen LogP contribution >= 0.6 is 0 Å². The van der Waals surface area contributed by atoms with Crippen LogP contribution in [0.1, 0.15) is 62.2 Å². The minimum absolute atomic E-state index is 0. The Morgan fingerprint density at radius 2 is 1.71 bits per heavy atom. The smallest absolute Gasteiger partial charge is 1.00 e. The summed E-state index contributed by atoms with van der Waals surface area (Å²) >= 11 is -0.664. The first-order valence-corrected chi connectivity index (χ1v) is 11.1. The van der Waals surface area contributed by atoms with Gasteiger partial charge >= 0.3 is 147 Å². The van der Waals surface area contributed by atoms with E-state index < -0.39 is 23.2 Å². The number of hydrogen-bond acceptors (Lipinski definition) is 0. The molecule has 0 saturated heterocycles. The quantitative estimate of drug-likeness (QED) is 0.533. The summed E-state index contributed by atoms with van der Waals surface area (Å²) in [6.45, 7) is 12.0. The third-order valence-corrected chi connectivity index (χ3v) is 10.8. The van der Waals surface area contributed by atoms with Crippen LogP contribution in [-0.2, 0) is 23.2 Å². The molecule has 0 spiro atoms. The largest absolute Gasteiger partial charge is 1.00 e. The molecule has 2 atom stereocenters. The maximum Gasteiger partial charge on any atom is -1.00 e. The van der Waals surface area contributed by atoms with Crippen LogP contribution in [0.5, 0.6) is 0 Å². The second kappa shape index (κ2) is 8.78. The van der Waals surface area contributed by atoms with Gasteiger partial charge in [0.25, 0.3) is 0 Å². The van der Waals surface area contributed by atoms with E-state index in [1.807, 2.05) is 0 Å². The molecule has 0 fully saturated rings. The van der Waals surface area contributed by atoms with Crippen LogP contribution in [0, 0.1) is 0 Å². The normalized spacial score (nSPS) is 24.5. The van der Waals surface area contributed by atoms with E-state index >= 15 is 0 Å². The third-order valence-electron chi connectivity index (χ3n) is 5.67. The van der Waals surface area contributed by atoms with Crippen molar-refractivity contribution in [3.05, 3.63) is 63.8 Å². The van der Waals surface area contributed by atoms with Gasteiger partial charge in [-0.1, -0.05) is 0 Å².